The number of rotatable bonds is 5. The van der Waals surface area contributed by atoms with Crippen LogP contribution in [0.4, 0.5) is 5.82 Å². The fourth-order valence-electron chi connectivity index (χ4n) is 3.00. The van der Waals surface area contributed by atoms with Crippen molar-refractivity contribution >= 4 is 16.7 Å². The first-order chi connectivity index (χ1) is 12.5. The molecule has 0 atom stereocenters. The largest absolute Gasteiger partial charge is 0.367 e. The van der Waals surface area contributed by atoms with Crippen LogP contribution in [-0.4, -0.2) is 21.5 Å². The number of nitrogens with zero attached hydrogens (tertiary/aromatic N) is 2. The van der Waals surface area contributed by atoms with E-state index in [0.29, 0.717) is 6.04 Å². The Balaban J connectivity index is 1.65. The highest BCUT2D eigenvalue weighted by Crippen LogP contribution is 2.30. The molecule has 1 aromatic heterocycles. The standard InChI is InChI=1S/C22H26N4/c1-22(2,3)25-13-15-5-4-6-16(11-15)17-7-10-20-19(12-17)21(24-14-23-20)26-18-8-9-18/h4-7,10-12,14,18,25H,8-9,13H2,1-3H3,(H,23,24,26). The minimum absolute atomic E-state index is 0.111. The molecule has 0 bridgehead atoms. The molecule has 4 nitrogen and oxygen atoms in total. The summed E-state index contributed by atoms with van der Waals surface area (Å²) < 4.78 is 0. The Labute approximate surface area is 155 Å². The second-order valence-electron chi connectivity index (χ2n) is 8.18. The zero-order valence-electron chi connectivity index (χ0n) is 15.7. The topological polar surface area (TPSA) is 49.8 Å². The molecule has 3 aromatic rings. The maximum atomic E-state index is 4.46. The highest BCUT2D eigenvalue weighted by atomic mass is 15.1. The van der Waals surface area contributed by atoms with E-state index in [1.165, 1.54) is 29.5 Å². The van der Waals surface area contributed by atoms with E-state index in [9.17, 15) is 0 Å². The summed E-state index contributed by atoms with van der Waals surface area (Å²) >= 11 is 0. The van der Waals surface area contributed by atoms with Crippen molar-refractivity contribution in [1.82, 2.24) is 15.3 Å². The van der Waals surface area contributed by atoms with Crippen LogP contribution >= 0.6 is 0 Å². The smallest absolute Gasteiger partial charge is 0.137 e. The molecular weight excluding hydrogens is 320 g/mol. The second-order valence-corrected chi connectivity index (χ2v) is 8.18. The van der Waals surface area contributed by atoms with Crippen LogP contribution in [0.3, 0.4) is 0 Å². The zero-order valence-corrected chi connectivity index (χ0v) is 15.7. The molecule has 0 aliphatic heterocycles. The number of hydrogen-bond acceptors (Lipinski definition) is 4. The molecule has 4 rings (SSSR count). The summed E-state index contributed by atoms with van der Waals surface area (Å²) in [6.07, 6.45) is 4.10. The van der Waals surface area contributed by atoms with Crippen LogP contribution in [0.25, 0.3) is 22.0 Å². The number of aromatic nitrogens is 2. The third-order valence-corrected chi connectivity index (χ3v) is 4.64. The highest BCUT2D eigenvalue weighted by molar-refractivity contribution is 5.92. The van der Waals surface area contributed by atoms with Crippen molar-refractivity contribution in [2.24, 2.45) is 0 Å². The minimum atomic E-state index is 0.111. The summed E-state index contributed by atoms with van der Waals surface area (Å²) in [6.45, 7) is 7.43. The lowest BCUT2D eigenvalue weighted by atomic mass is 10.0. The Morgan fingerprint density at radius 1 is 1.00 bits per heavy atom. The molecule has 1 saturated carbocycles. The molecule has 4 heteroatoms. The van der Waals surface area contributed by atoms with Crippen LogP contribution < -0.4 is 10.6 Å². The molecule has 2 aromatic carbocycles. The molecule has 0 saturated heterocycles. The van der Waals surface area contributed by atoms with Crippen molar-refractivity contribution in [2.45, 2.75) is 51.7 Å². The van der Waals surface area contributed by atoms with Gasteiger partial charge in [0.2, 0.25) is 0 Å². The van der Waals surface area contributed by atoms with Crippen LogP contribution in [-0.2, 0) is 6.54 Å². The fourth-order valence-corrected chi connectivity index (χ4v) is 3.00. The molecule has 1 fully saturated rings. The molecule has 26 heavy (non-hydrogen) atoms. The lowest BCUT2D eigenvalue weighted by Crippen LogP contribution is -2.35. The van der Waals surface area contributed by atoms with E-state index in [4.69, 9.17) is 0 Å². The Hall–Kier alpha value is -2.46. The maximum Gasteiger partial charge on any atom is 0.137 e. The van der Waals surface area contributed by atoms with Gasteiger partial charge in [-0.15, -0.1) is 0 Å². The average molecular weight is 346 g/mol. The molecule has 1 aliphatic rings. The van der Waals surface area contributed by atoms with Gasteiger partial charge >= 0.3 is 0 Å². The van der Waals surface area contributed by atoms with Crippen molar-refractivity contribution in [2.75, 3.05) is 5.32 Å². The van der Waals surface area contributed by atoms with Gasteiger partial charge in [0, 0.05) is 23.5 Å². The normalized spacial score (nSPS) is 14.6. The second kappa shape index (κ2) is 6.69. The Kier molecular flexibility index (Phi) is 4.37. The molecule has 134 valence electrons. The van der Waals surface area contributed by atoms with E-state index in [0.717, 1.165) is 23.3 Å². The summed E-state index contributed by atoms with van der Waals surface area (Å²) in [4.78, 5) is 8.88. The van der Waals surface area contributed by atoms with Gasteiger partial charge in [-0.3, -0.25) is 0 Å². The van der Waals surface area contributed by atoms with Crippen molar-refractivity contribution in [3.63, 3.8) is 0 Å². The van der Waals surface area contributed by atoms with Gasteiger partial charge in [-0.25, -0.2) is 9.97 Å². The minimum Gasteiger partial charge on any atom is -0.367 e. The molecule has 0 spiro atoms. The number of benzene rings is 2. The van der Waals surface area contributed by atoms with E-state index in [-0.39, 0.29) is 5.54 Å². The average Bonchev–Trinajstić information content (AvgIpc) is 3.44. The van der Waals surface area contributed by atoms with E-state index in [1.54, 1.807) is 6.33 Å². The third kappa shape index (κ3) is 4.02. The van der Waals surface area contributed by atoms with E-state index in [2.05, 4.69) is 83.8 Å². The van der Waals surface area contributed by atoms with Crippen LogP contribution in [0, 0.1) is 0 Å². The van der Waals surface area contributed by atoms with Gasteiger partial charge in [0.15, 0.2) is 0 Å². The molecule has 1 heterocycles. The number of nitrogens with one attached hydrogen (secondary N) is 2. The lowest BCUT2D eigenvalue weighted by molar-refractivity contribution is 0.424. The van der Waals surface area contributed by atoms with E-state index in [1.807, 2.05) is 0 Å². The van der Waals surface area contributed by atoms with Crippen molar-refractivity contribution in [1.29, 1.82) is 0 Å². The van der Waals surface area contributed by atoms with Crippen molar-refractivity contribution in [3.8, 4) is 11.1 Å². The number of hydrogen-bond donors (Lipinski definition) is 2. The highest BCUT2D eigenvalue weighted by Gasteiger charge is 2.22. The molecule has 0 radical (unpaired) electrons. The predicted molar refractivity (Wildman–Crippen MR) is 108 cm³/mol. The predicted octanol–water partition coefficient (Wildman–Crippen LogP) is 4.76. The number of anilines is 1. The fraction of sp³-hybridized carbons (Fsp3) is 0.364. The van der Waals surface area contributed by atoms with E-state index < -0.39 is 0 Å². The first kappa shape index (κ1) is 17.0. The van der Waals surface area contributed by atoms with Gasteiger partial charge in [0.1, 0.15) is 12.1 Å². The van der Waals surface area contributed by atoms with Gasteiger partial charge in [0.25, 0.3) is 0 Å². The SMILES string of the molecule is CC(C)(C)NCc1cccc(-c2ccc3ncnc(NC4CC4)c3c2)c1. The molecule has 0 unspecified atom stereocenters. The molecule has 0 amide bonds. The van der Waals surface area contributed by atoms with Crippen LogP contribution in [0.15, 0.2) is 48.8 Å². The molecular formula is C22H26N4. The van der Waals surface area contributed by atoms with Crippen molar-refractivity contribution in [3.05, 3.63) is 54.4 Å². The Morgan fingerprint density at radius 2 is 1.81 bits per heavy atom. The lowest BCUT2D eigenvalue weighted by Gasteiger charge is -2.20. The maximum absolute atomic E-state index is 4.46. The van der Waals surface area contributed by atoms with Crippen LogP contribution in [0.1, 0.15) is 39.2 Å². The molecule has 1 aliphatic carbocycles. The van der Waals surface area contributed by atoms with Gasteiger partial charge < -0.3 is 10.6 Å². The Bertz CT molecular complexity index is 923. The van der Waals surface area contributed by atoms with E-state index >= 15 is 0 Å². The van der Waals surface area contributed by atoms with Crippen LogP contribution in [0.2, 0.25) is 0 Å². The summed E-state index contributed by atoms with van der Waals surface area (Å²) in [5.74, 6) is 0.949. The molecule has 2 N–H and O–H groups in total. The number of fused-ring (bicyclic) bond motifs is 1. The van der Waals surface area contributed by atoms with Gasteiger partial charge in [-0.1, -0.05) is 24.3 Å². The zero-order chi connectivity index (χ0) is 18.1. The van der Waals surface area contributed by atoms with Crippen LogP contribution in [0.5, 0.6) is 0 Å². The van der Waals surface area contributed by atoms with Gasteiger partial charge in [-0.05, 0) is 68.5 Å². The third-order valence-electron chi connectivity index (χ3n) is 4.64. The summed E-state index contributed by atoms with van der Waals surface area (Å²) in [5, 5.41) is 8.17. The first-order valence-electron chi connectivity index (χ1n) is 9.34. The summed E-state index contributed by atoms with van der Waals surface area (Å²) in [6, 6.07) is 15.7. The van der Waals surface area contributed by atoms with Crippen molar-refractivity contribution < 1.29 is 0 Å². The quantitative estimate of drug-likeness (QED) is 0.699. The first-order valence-corrected chi connectivity index (χ1v) is 9.34. The van der Waals surface area contributed by atoms with Gasteiger partial charge in [-0.2, -0.15) is 0 Å². The summed E-state index contributed by atoms with van der Waals surface area (Å²) in [7, 11) is 0. The van der Waals surface area contributed by atoms with Gasteiger partial charge in [0.05, 0.1) is 5.52 Å². The summed E-state index contributed by atoms with van der Waals surface area (Å²) in [5.41, 5.74) is 4.81. The monoisotopic (exact) mass is 346 g/mol. The Morgan fingerprint density at radius 3 is 2.58 bits per heavy atom.